The van der Waals surface area contributed by atoms with Crippen LogP contribution in [0.2, 0.25) is 5.02 Å². The Morgan fingerprint density at radius 1 is 1.11 bits per heavy atom. The predicted molar refractivity (Wildman–Crippen MR) is 124 cm³/mol. The molecule has 1 atom stereocenters. The Labute approximate surface area is 212 Å². The molecule has 0 aliphatic heterocycles. The van der Waals surface area contributed by atoms with Crippen molar-refractivity contribution >= 4 is 11.6 Å². The highest BCUT2D eigenvalue weighted by molar-refractivity contribution is 6.32. The topological polar surface area (TPSA) is 91.9 Å². The second kappa shape index (κ2) is 10.6. The normalized spacial score (nSPS) is 14.5. The molecule has 1 heterocycles. The lowest BCUT2D eigenvalue weighted by Gasteiger charge is -2.17. The number of ether oxygens (including phenoxy) is 3. The van der Waals surface area contributed by atoms with Gasteiger partial charge in [-0.15, -0.1) is 0 Å². The number of hydrogen-bond donors (Lipinski definition) is 1. The molecule has 198 valence electrons. The van der Waals surface area contributed by atoms with E-state index in [1.165, 1.54) is 12.1 Å². The molecule has 1 aromatic heterocycles. The maximum atomic E-state index is 14.8. The van der Waals surface area contributed by atoms with Gasteiger partial charge in [-0.2, -0.15) is 13.2 Å². The van der Waals surface area contributed by atoms with Crippen LogP contribution in [0.4, 0.5) is 17.6 Å². The number of rotatable bonds is 9. The van der Waals surface area contributed by atoms with Crippen molar-refractivity contribution in [3.63, 3.8) is 0 Å². The summed E-state index contributed by atoms with van der Waals surface area (Å²) in [5.74, 6) is -0.662. The van der Waals surface area contributed by atoms with Gasteiger partial charge in [0.1, 0.15) is 23.9 Å². The Morgan fingerprint density at radius 3 is 2.43 bits per heavy atom. The zero-order chi connectivity index (χ0) is 26.9. The zero-order valence-electron chi connectivity index (χ0n) is 19.3. The molecule has 0 amide bonds. The molecule has 1 aliphatic carbocycles. The summed E-state index contributed by atoms with van der Waals surface area (Å²) in [6.45, 7) is 0.200. The number of nitrogens with zero attached hydrogens (tertiary/aromatic N) is 2. The lowest BCUT2D eigenvalue weighted by atomic mass is 10.2. The van der Waals surface area contributed by atoms with E-state index in [0.29, 0.717) is 12.5 Å². The summed E-state index contributed by atoms with van der Waals surface area (Å²) in [4.78, 5) is 25.0. The van der Waals surface area contributed by atoms with Crippen LogP contribution < -0.4 is 20.7 Å². The van der Waals surface area contributed by atoms with Crippen molar-refractivity contribution in [3.8, 4) is 22.9 Å². The van der Waals surface area contributed by atoms with Crippen molar-refractivity contribution in [3.05, 3.63) is 79.8 Å². The molecule has 0 bridgehead atoms. The molecule has 0 radical (unpaired) electrons. The summed E-state index contributed by atoms with van der Waals surface area (Å²) >= 11 is 6.11. The first-order chi connectivity index (χ1) is 17.5. The van der Waals surface area contributed by atoms with E-state index in [0.717, 1.165) is 32.0 Å². The second-order valence-electron chi connectivity index (χ2n) is 8.37. The fourth-order valence-corrected chi connectivity index (χ4v) is 3.59. The van der Waals surface area contributed by atoms with Gasteiger partial charge in [-0.3, -0.25) is 9.36 Å². The summed E-state index contributed by atoms with van der Waals surface area (Å²) in [7, 11) is 0.808. The van der Waals surface area contributed by atoms with Crippen LogP contribution in [-0.4, -0.2) is 33.7 Å². The number of alkyl halides is 3. The third-order valence-electron chi connectivity index (χ3n) is 5.52. The minimum Gasteiger partial charge on any atom is -0.484 e. The lowest BCUT2D eigenvalue weighted by molar-refractivity contribution is -0.144. The van der Waals surface area contributed by atoms with E-state index >= 15 is 0 Å². The van der Waals surface area contributed by atoms with Gasteiger partial charge in [0.05, 0.1) is 17.3 Å². The number of halogens is 5. The summed E-state index contributed by atoms with van der Waals surface area (Å²) in [5, 5.41) is 9.71. The first-order valence-electron chi connectivity index (χ1n) is 11.0. The number of benzene rings is 2. The van der Waals surface area contributed by atoms with Crippen molar-refractivity contribution in [1.29, 1.82) is 0 Å². The average Bonchev–Trinajstić information content (AvgIpc) is 3.66. The maximum Gasteiger partial charge on any atom is 0.431 e. The standard InChI is InChI=1S/C24H21ClF4N2O6/c1-30-20(24(27,28)29)10-21(32)31(23(30)34)16-9-19(14(25)8-15(16)26)37-18-5-3-2-4-17(18)35-12-22(33)36-11-13-6-7-13/h2-5,8-10,13,22,33H,6-7,11-12H2,1H3. The molecule has 0 spiro atoms. The van der Waals surface area contributed by atoms with E-state index in [-0.39, 0.29) is 44.1 Å². The van der Waals surface area contributed by atoms with Gasteiger partial charge < -0.3 is 19.3 Å². The SMILES string of the molecule is Cn1c(C(F)(F)F)cc(=O)n(-c2cc(Oc3ccccc3OCC(O)OCC3CC3)c(Cl)cc2F)c1=O. The fraction of sp³-hybridized carbons (Fsp3) is 0.333. The maximum absolute atomic E-state index is 14.8. The Hall–Kier alpha value is -3.35. The lowest BCUT2D eigenvalue weighted by Crippen LogP contribution is -2.41. The first-order valence-corrected chi connectivity index (χ1v) is 11.4. The van der Waals surface area contributed by atoms with Crippen molar-refractivity contribution < 1.29 is 36.9 Å². The van der Waals surface area contributed by atoms with Crippen LogP contribution in [0.5, 0.6) is 17.2 Å². The quantitative estimate of drug-likeness (QED) is 0.320. The van der Waals surface area contributed by atoms with Crippen LogP contribution in [0.25, 0.3) is 5.69 Å². The molecule has 1 fully saturated rings. The van der Waals surface area contributed by atoms with Crippen LogP contribution in [0, 0.1) is 11.7 Å². The monoisotopic (exact) mass is 544 g/mol. The third-order valence-corrected chi connectivity index (χ3v) is 5.82. The molecule has 1 unspecified atom stereocenters. The number of aliphatic hydroxyl groups excluding tert-OH is 1. The average molecular weight is 545 g/mol. The Balaban J connectivity index is 1.63. The van der Waals surface area contributed by atoms with Crippen molar-refractivity contribution in [2.24, 2.45) is 13.0 Å². The third kappa shape index (κ3) is 6.14. The number of para-hydroxylation sites is 2. The summed E-state index contributed by atoms with van der Waals surface area (Å²) < 4.78 is 71.3. The van der Waals surface area contributed by atoms with Gasteiger partial charge in [-0.05, 0) is 37.0 Å². The Bertz CT molecular complexity index is 1420. The van der Waals surface area contributed by atoms with Gasteiger partial charge in [0.15, 0.2) is 17.8 Å². The minimum absolute atomic E-state index is 0.0871. The Morgan fingerprint density at radius 2 is 1.78 bits per heavy atom. The largest absolute Gasteiger partial charge is 0.484 e. The van der Waals surface area contributed by atoms with Gasteiger partial charge in [-0.25, -0.2) is 13.8 Å². The van der Waals surface area contributed by atoms with Crippen molar-refractivity contribution in [2.45, 2.75) is 25.3 Å². The van der Waals surface area contributed by atoms with Gasteiger partial charge in [0.2, 0.25) is 0 Å². The van der Waals surface area contributed by atoms with E-state index in [4.69, 9.17) is 25.8 Å². The molecule has 0 saturated heterocycles. The van der Waals surface area contributed by atoms with Gasteiger partial charge in [0, 0.05) is 19.2 Å². The van der Waals surface area contributed by atoms with E-state index in [1.54, 1.807) is 12.1 Å². The molecule has 3 aromatic rings. The van der Waals surface area contributed by atoms with Crippen molar-refractivity contribution in [1.82, 2.24) is 9.13 Å². The molecule has 1 aliphatic rings. The number of hydrogen-bond acceptors (Lipinski definition) is 6. The van der Waals surface area contributed by atoms with E-state index in [2.05, 4.69) is 0 Å². The van der Waals surface area contributed by atoms with E-state index in [9.17, 15) is 32.3 Å². The molecule has 2 aromatic carbocycles. The molecular formula is C24H21ClF4N2O6. The highest BCUT2D eigenvalue weighted by Crippen LogP contribution is 2.37. The molecule has 37 heavy (non-hydrogen) atoms. The predicted octanol–water partition coefficient (Wildman–Crippen LogP) is 4.26. The van der Waals surface area contributed by atoms with Gasteiger partial charge in [0.25, 0.3) is 5.56 Å². The zero-order valence-corrected chi connectivity index (χ0v) is 20.1. The van der Waals surface area contributed by atoms with Crippen LogP contribution in [0.3, 0.4) is 0 Å². The Kier molecular flexibility index (Phi) is 7.62. The smallest absolute Gasteiger partial charge is 0.431 e. The van der Waals surface area contributed by atoms with Crippen LogP contribution in [0.1, 0.15) is 18.5 Å². The molecule has 13 heteroatoms. The van der Waals surface area contributed by atoms with Crippen molar-refractivity contribution in [2.75, 3.05) is 13.2 Å². The van der Waals surface area contributed by atoms with Crippen LogP contribution in [-0.2, 0) is 18.0 Å². The number of aromatic nitrogens is 2. The van der Waals surface area contributed by atoms with E-state index in [1.807, 2.05) is 0 Å². The number of aliphatic hydroxyl groups is 1. The minimum atomic E-state index is -4.97. The van der Waals surface area contributed by atoms with Crippen LogP contribution >= 0.6 is 11.6 Å². The summed E-state index contributed by atoms with van der Waals surface area (Å²) in [6.07, 6.45) is -4.05. The van der Waals surface area contributed by atoms with E-state index < -0.39 is 40.9 Å². The van der Waals surface area contributed by atoms with Gasteiger partial charge >= 0.3 is 11.9 Å². The molecule has 4 rings (SSSR count). The highest BCUT2D eigenvalue weighted by Gasteiger charge is 2.35. The molecular weight excluding hydrogens is 524 g/mol. The molecule has 1 N–H and O–H groups in total. The molecule has 8 nitrogen and oxygen atoms in total. The molecule has 1 saturated carbocycles. The summed E-state index contributed by atoms with van der Waals surface area (Å²) in [6, 6.07) is 8.09. The fourth-order valence-electron chi connectivity index (χ4n) is 3.40. The second-order valence-corrected chi connectivity index (χ2v) is 8.77. The summed E-state index contributed by atoms with van der Waals surface area (Å²) in [5.41, 5.74) is -4.97. The van der Waals surface area contributed by atoms with Gasteiger partial charge in [-0.1, -0.05) is 23.7 Å². The first kappa shape index (κ1) is 26.7. The highest BCUT2D eigenvalue weighted by atomic mass is 35.5. The van der Waals surface area contributed by atoms with Crippen LogP contribution in [0.15, 0.2) is 52.1 Å².